The molecule has 19 heavy (non-hydrogen) atoms. The molecule has 0 amide bonds. The number of nitrogens with zero attached hydrogens (tertiary/aromatic N) is 2. The van der Waals surface area contributed by atoms with E-state index in [4.69, 9.17) is 4.98 Å². The summed E-state index contributed by atoms with van der Waals surface area (Å²) in [6, 6.07) is 4.35. The molecule has 4 nitrogen and oxygen atoms in total. The molecule has 1 aromatic carbocycles. The first-order valence-electron chi connectivity index (χ1n) is 6.42. The van der Waals surface area contributed by atoms with Gasteiger partial charge in [-0.15, -0.1) is 0 Å². The molecule has 0 aliphatic carbocycles. The normalized spacial score (nSPS) is 11.8. The van der Waals surface area contributed by atoms with Gasteiger partial charge in [-0.2, -0.15) is 0 Å². The number of likely N-dealkylation sites (N-methyl/N-ethyl adjacent to an activating group) is 1. The quantitative estimate of drug-likeness (QED) is 0.779. The lowest BCUT2D eigenvalue weighted by molar-refractivity contribution is 0.777. The number of H-pyrrole nitrogens is 1. The zero-order chi connectivity index (χ0) is 13.6. The SMILES string of the molecule is CNCCc1[nH]c2nc3c(C)cc(C)cc3n2c1Br. The minimum atomic E-state index is 0.904. The monoisotopic (exact) mass is 320 g/mol. The van der Waals surface area contributed by atoms with Crippen molar-refractivity contribution in [3.05, 3.63) is 33.6 Å². The highest BCUT2D eigenvalue weighted by Gasteiger charge is 2.15. The molecule has 2 N–H and O–H groups in total. The highest BCUT2D eigenvalue weighted by atomic mass is 79.9. The average molecular weight is 321 g/mol. The van der Waals surface area contributed by atoms with Crippen LogP contribution in [-0.2, 0) is 6.42 Å². The Kier molecular flexibility index (Phi) is 3.11. The van der Waals surface area contributed by atoms with E-state index in [1.807, 2.05) is 7.05 Å². The summed E-state index contributed by atoms with van der Waals surface area (Å²) >= 11 is 3.70. The fourth-order valence-electron chi connectivity index (χ4n) is 2.54. The standard InChI is InChI=1S/C14H17BrN4/c1-8-6-9(2)12-11(7-8)19-13(15)10(4-5-16-3)17-14(19)18-12/h6-7,16H,4-5H2,1-3H3,(H,17,18). The van der Waals surface area contributed by atoms with Crippen molar-refractivity contribution in [2.24, 2.45) is 0 Å². The van der Waals surface area contributed by atoms with E-state index in [0.717, 1.165) is 34.4 Å². The number of hydrogen-bond acceptors (Lipinski definition) is 2. The number of rotatable bonds is 3. The second-order valence-electron chi connectivity index (χ2n) is 4.97. The highest BCUT2D eigenvalue weighted by Crippen LogP contribution is 2.27. The summed E-state index contributed by atoms with van der Waals surface area (Å²) in [4.78, 5) is 8.10. The van der Waals surface area contributed by atoms with E-state index in [1.54, 1.807) is 0 Å². The van der Waals surface area contributed by atoms with Crippen molar-refractivity contribution < 1.29 is 0 Å². The highest BCUT2D eigenvalue weighted by molar-refractivity contribution is 9.10. The third kappa shape index (κ3) is 1.97. The van der Waals surface area contributed by atoms with Gasteiger partial charge in [-0.3, -0.25) is 4.40 Å². The number of fused-ring (bicyclic) bond motifs is 3. The average Bonchev–Trinajstić information content (AvgIpc) is 2.85. The lowest BCUT2D eigenvalue weighted by atomic mass is 10.1. The van der Waals surface area contributed by atoms with E-state index in [-0.39, 0.29) is 0 Å². The van der Waals surface area contributed by atoms with Crippen LogP contribution >= 0.6 is 15.9 Å². The molecular formula is C14H17BrN4. The Balaban J connectivity index is 2.26. The Bertz CT molecular complexity index is 754. The summed E-state index contributed by atoms with van der Waals surface area (Å²) < 4.78 is 3.23. The molecule has 0 aliphatic rings. The lowest BCUT2D eigenvalue weighted by Crippen LogP contribution is -2.10. The smallest absolute Gasteiger partial charge is 0.213 e. The fraction of sp³-hybridized carbons (Fsp3) is 0.357. The van der Waals surface area contributed by atoms with Gasteiger partial charge in [0.05, 0.1) is 16.7 Å². The van der Waals surface area contributed by atoms with Crippen LogP contribution in [0.2, 0.25) is 0 Å². The summed E-state index contributed by atoms with van der Waals surface area (Å²) in [5.41, 5.74) is 5.88. The van der Waals surface area contributed by atoms with Crippen molar-refractivity contribution in [2.75, 3.05) is 13.6 Å². The summed E-state index contributed by atoms with van der Waals surface area (Å²) in [6.45, 7) is 5.17. The van der Waals surface area contributed by atoms with Crippen LogP contribution in [0.5, 0.6) is 0 Å². The molecule has 5 heteroatoms. The number of aryl methyl sites for hydroxylation is 2. The minimum Gasteiger partial charge on any atom is -0.326 e. The van der Waals surface area contributed by atoms with Crippen LogP contribution in [0.3, 0.4) is 0 Å². The summed E-state index contributed by atoms with van der Waals surface area (Å²) in [5, 5.41) is 3.16. The third-order valence-corrected chi connectivity index (χ3v) is 4.26. The summed E-state index contributed by atoms with van der Waals surface area (Å²) in [5.74, 6) is 0.904. The number of nitrogens with one attached hydrogen (secondary N) is 2. The van der Waals surface area contributed by atoms with Crippen LogP contribution < -0.4 is 5.32 Å². The fourth-order valence-corrected chi connectivity index (χ4v) is 3.20. The van der Waals surface area contributed by atoms with Gasteiger partial charge in [-0.05, 0) is 54.0 Å². The number of aromatic nitrogens is 3. The molecule has 0 saturated heterocycles. The maximum Gasteiger partial charge on any atom is 0.213 e. The minimum absolute atomic E-state index is 0.904. The maximum atomic E-state index is 4.70. The Morgan fingerprint density at radius 1 is 1.37 bits per heavy atom. The van der Waals surface area contributed by atoms with Gasteiger partial charge in [0.2, 0.25) is 5.78 Å². The van der Waals surface area contributed by atoms with E-state index < -0.39 is 0 Å². The second kappa shape index (κ2) is 4.65. The maximum absolute atomic E-state index is 4.70. The van der Waals surface area contributed by atoms with Crippen LogP contribution in [0, 0.1) is 13.8 Å². The van der Waals surface area contributed by atoms with E-state index in [2.05, 4.69) is 56.6 Å². The van der Waals surface area contributed by atoms with Crippen molar-refractivity contribution >= 4 is 32.7 Å². The molecule has 0 radical (unpaired) electrons. The Morgan fingerprint density at radius 3 is 2.89 bits per heavy atom. The Morgan fingerprint density at radius 2 is 2.16 bits per heavy atom. The molecular weight excluding hydrogens is 304 g/mol. The molecule has 3 aromatic rings. The largest absolute Gasteiger partial charge is 0.326 e. The van der Waals surface area contributed by atoms with E-state index in [1.165, 1.54) is 16.8 Å². The molecule has 0 spiro atoms. The first-order valence-corrected chi connectivity index (χ1v) is 7.21. The van der Waals surface area contributed by atoms with Crippen molar-refractivity contribution in [3.63, 3.8) is 0 Å². The Hall–Kier alpha value is -1.33. The lowest BCUT2D eigenvalue weighted by Gasteiger charge is -2.01. The molecule has 100 valence electrons. The molecule has 2 heterocycles. The molecule has 2 aromatic heterocycles. The van der Waals surface area contributed by atoms with Gasteiger partial charge < -0.3 is 10.3 Å². The first-order chi connectivity index (χ1) is 9.11. The van der Waals surface area contributed by atoms with E-state index in [9.17, 15) is 0 Å². The zero-order valence-corrected chi connectivity index (χ0v) is 12.9. The molecule has 0 aliphatic heterocycles. The van der Waals surface area contributed by atoms with Gasteiger partial charge in [0.25, 0.3) is 0 Å². The van der Waals surface area contributed by atoms with Crippen LogP contribution in [0.1, 0.15) is 16.8 Å². The third-order valence-electron chi connectivity index (χ3n) is 3.43. The first kappa shape index (κ1) is 12.7. The number of imidazole rings is 2. The van der Waals surface area contributed by atoms with Crippen LogP contribution in [0.4, 0.5) is 0 Å². The number of benzene rings is 1. The van der Waals surface area contributed by atoms with Crippen molar-refractivity contribution in [1.82, 2.24) is 19.7 Å². The van der Waals surface area contributed by atoms with Gasteiger partial charge in [-0.25, -0.2) is 4.98 Å². The van der Waals surface area contributed by atoms with E-state index in [0.29, 0.717) is 0 Å². The van der Waals surface area contributed by atoms with Gasteiger partial charge in [-0.1, -0.05) is 6.07 Å². The number of hydrogen-bond donors (Lipinski definition) is 2. The Labute approximate surface area is 120 Å². The van der Waals surface area contributed by atoms with Crippen molar-refractivity contribution in [1.29, 1.82) is 0 Å². The van der Waals surface area contributed by atoms with Gasteiger partial charge in [0.15, 0.2) is 0 Å². The van der Waals surface area contributed by atoms with Crippen LogP contribution in [0.25, 0.3) is 16.8 Å². The molecule has 0 unspecified atom stereocenters. The topological polar surface area (TPSA) is 45.1 Å². The molecule has 0 bridgehead atoms. The molecule has 3 rings (SSSR count). The summed E-state index contributed by atoms with van der Waals surface area (Å²) in [7, 11) is 1.96. The predicted octanol–water partition coefficient (Wildman–Crippen LogP) is 2.96. The van der Waals surface area contributed by atoms with Gasteiger partial charge >= 0.3 is 0 Å². The second-order valence-corrected chi connectivity index (χ2v) is 5.72. The van der Waals surface area contributed by atoms with Gasteiger partial charge in [0, 0.05) is 13.0 Å². The molecule has 0 fully saturated rings. The zero-order valence-electron chi connectivity index (χ0n) is 11.3. The molecule has 0 atom stereocenters. The van der Waals surface area contributed by atoms with Crippen molar-refractivity contribution in [2.45, 2.75) is 20.3 Å². The number of aromatic amines is 1. The number of halogens is 1. The predicted molar refractivity (Wildman–Crippen MR) is 81.9 cm³/mol. The molecule has 0 saturated carbocycles. The van der Waals surface area contributed by atoms with E-state index >= 15 is 0 Å². The summed E-state index contributed by atoms with van der Waals surface area (Å²) in [6.07, 6.45) is 0.951. The van der Waals surface area contributed by atoms with Crippen molar-refractivity contribution in [3.8, 4) is 0 Å². The van der Waals surface area contributed by atoms with Crippen LogP contribution in [0.15, 0.2) is 16.7 Å². The van der Waals surface area contributed by atoms with Crippen LogP contribution in [-0.4, -0.2) is 28.0 Å². The van der Waals surface area contributed by atoms with Gasteiger partial charge in [0.1, 0.15) is 4.60 Å².